The zero-order valence-corrected chi connectivity index (χ0v) is 11.4. The van der Waals surface area contributed by atoms with E-state index in [0.717, 1.165) is 11.5 Å². The van der Waals surface area contributed by atoms with Crippen LogP contribution in [0.15, 0.2) is 0 Å². The van der Waals surface area contributed by atoms with Crippen LogP contribution < -0.4 is 10.6 Å². The van der Waals surface area contributed by atoms with Gasteiger partial charge in [0.2, 0.25) is 5.91 Å². The molecule has 2 amide bonds. The van der Waals surface area contributed by atoms with Crippen molar-refractivity contribution in [2.45, 2.75) is 38.8 Å². The Morgan fingerprint density at radius 1 is 1.53 bits per heavy atom. The van der Waals surface area contributed by atoms with E-state index >= 15 is 0 Å². The van der Waals surface area contributed by atoms with Gasteiger partial charge in [-0.25, -0.2) is 4.79 Å². The van der Waals surface area contributed by atoms with Gasteiger partial charge < -0.3 is 15.4 Å². The number of hydrogen-bond donors (Lipinski definition) is 2. The fourth-order valence-corrected chi connectivity index (χ4v) is 2.31. The van der Waals surface area contributed by atoms with E-state index in [-0.39, 0.29) is 11.9 Å². The first-order valence-corrected chi connectivity index (χ1v) is 6.86. The first-order valence-electron chi connectivity index (χ1n) is 5.71. The summed E-state index contributed by atoms with van der Waals surface area (Å²) in [4.78, 5) is 23.0. The molecule has 0 bridgehead atoms. The summed E-state index contributed by atoms with van der Waals surface area (Å²) in [7, 11) is 0. The normalized spacial score (nSPS) is 22.1. The molecule has 0 aromatic rings. The van der Waals surface area contributed by atoms with E-state index in [1.807, 2.05) is 20.8 Å². The highest BCUT2D eigenvalue weighted by Crippen LogP contribution is 2.10. The number of amides is 2. The van der Waals surface area contributed by atoms with Crippen LogP contribution >= 0.6 is 11.8 Å². The number of alkyl carbamates (subject to hydrolysis) is 1. The molecule has 1 unspecified atom stereocenters. The molecule has 0 aliphatic carbocycles. The van der Waals surface area contributed by atoms with Crippen molar-refractivity contribution in [1.29, 1.82) is 0 Å². The SMILES string of the molecule is CC(C)(C)OC(=O)NC1CSCCNC(=O)C1. The van der Waals surface area contributed by atoms with Crippen LogP contribution in [0.25, 0.3) is 0 Å². The molecule has 1 heterocycles. The molecule has 0 radical (unpaired) electrons. The Labute approximate surface area is 106 Å². The molecule has 17 heavy (non-hydrogen) atoms. The zero-order valence-electron chi connectivity index (χ0n) is 10.5. The van der Waals surface area contributed by atoms with Gasteiger partial charge in [-0.05, 0) is 20.8 Å². The summed E-state index contributed by atoms with van der Waals surface area (Å²) in [6.07, 6.45) is -0.150. The zero-order chi connectivity index (χ0) is 12.9. The number of rotatable bonds is 1. The van der Waals surface area contributed by atoms with E-state index in [2.05, 4.69) is 10.6 Å². The van der Waals surface area contributed by atoms with Crippen LogP contribution in [0, 0.1) is 0 Å². The van der Waals surface area contributed by atoms with Crippen LogP contribution in [-0.4, -0.2) is 41.7 Å². The highest BCUT2D eigenvalue weighted by molar-refractivity contribution is 7.99. The molecule has 0 saturated carbocycles. The molecule has 98 valence electrons. The van der Waals surface area contributed by atoms with E-state index in [9.17, 15) is 9.59 Å². The molecule has 0 spiro atoms. The average Bonchev–Trinajstić information content (AvgIpc) is 2.10. The van der Waals surface area contributed by atoms with Crippen molar-refractivity contribution < 1.29 is 14.3 Å². The minimum atomic E-state index is -0.513. The molecule has 1 aliphatic rings. The third kappa shape index (κ3) is 6.41. The van der Waals surface area contributed by atoms with Crippen molar-refractivity contribution in [3.8, 4) is 0 Å². The standard InChI is InChI=1S/C11H20N2O3S/c1-11(2,3)16-10(15)13-8-6-9(14)12-4-5-17-7-8/h8H,4-7H2,1-3H3,(H,12,14)(H,13,15). The van der Waals surface area contributed by atoms with Gasteiger partial charge in [0.25, 0.3) is 0 Å². The first kappa shape index (κ1) is 14.2. The van der Waals surface area contributed by atoms with E-state index < -0.39 is 11.7 Å². The Morgan fingerprint density at radius 2 is 2.24 bits per heavy atom. The van der Waals surface area contributed by atoms with Crippen molar-refractivity contribution in [2.24, 2.45) is 0 Å². The van der Waals surface area contributed by atoms with E-state index in [0.29, 0.717) is 13.0 Å². The third-order valence-corrected chi connectivity index (χ3v) is 3.17. The lowest BCUT2D eigenvalue weighted by Gasteiger charge is -2.24. The topological polar surface area (TPSA) is 67.4 Å². The second-order valence-electron chi connectivity index (χ2n) is 4.97. The maximum atomic E-state index is 11.6. The fraction of sp³-hybridized carbons (Fsp3) is 0.818. The van der Waals surface area contributed by atoms with Gasteiger partial charge in [-0.3, -0.25) is 4.79 Å². The van der Waals surface area contributed by atoms with E-state index in [1.165, 1.54) is 0 Å². The summed E-state index contributed by atoms with van der Waals surface area (Å²) in [5, 5.41) is 5.51. The van der Waals surface area contributed by atoms with Crippen LogP contribution in [0.4, 0.5) is 4.79 Å². The number of ether oxygens (including phenoxy) is 1. The quantitative estimate of drug-likeness (QED) is 0.742. The van der Waals surface area contributed by atoms with Gasteiger partial charge in [-0.2, -0.15) is 11.8 Å². The highest BCUT2D eigenvalue weighted by Gasteiger charge is 2.22. The molecule has 1 fully saturated rings. The molecule has 5 nitrogen and oxygen atoms in total. The predicted octanol–water partition coefficient (Wildman–Crippen LogP) is 1.13. The smallest absolute Gasteiger partial charge is 0.407 e. The summed E-state index contributed by atoms with van der Waals surface area (Å²) in [5.74, 6) is 1.59. The summed E-state index contributed by atoms with van der Waals surface area (Å²) >= 11 is 1.71. The Bertz CT molecular complexity index is 289. The van der Waals surface area contributed by atoms with E-state index in [4.69, 9.17) is 4.74 Å². The lowest BCUT2D eigenvalue weighted by Crippen LogP contribution is -2.44. The Morgan fingerprint density at radius 3 is 2.88 bits per heavy atom. The fourth-order valence-electron chi connectivity index (χ4n) is 1.41. The molecule has 1 saturated heterocycles. The molecular weight excluding hydrogens is 240 g/mol. The maximum Gasteiger partial charge on any atom is 0.407 e. The van der Waals surface area contributed by atoms with Gasteiger partial charge in [0, 0.05) is 30.5 Å². The highest BCUT2D eigenvalue weighted by atomic mass is 32.2. The van der Waals surface area contributed by atoms with Crippen LogP contribution in [0.5, 0.6) is 0 Å². The molecule has 1 aliphatic heterocycles. The lowest BCUT2D eigenvalue weighted by molar-refractivity contribution is -0.121. The van der Waals surface area contributed by atoms with Gasteiger partial charge in [-0.15, -0.1) is 0 Å². The molecule has 1 atom stereocenters. The monoisotopic (exact) mass is 260 g/mol. The number of hydrogen-bond acceptors (Lipinski definition) is 4. The molecule has 0 aromatic heterocycles. The minimum absolute atomic E-state index is 0.0219. The lowest BCUT2D eigenvalue weighted by atomic mass is 10.2. The minimum Gasteiger partial charge on any atom is -0.444 e. The average molecular weight is 260 g/mol. The first-order chi connectivity index (χ1) is 7.87. The molecule has 1 rings (SSSR count). The predicted molar refractivity (Wildman–Crippen MR) is 68.1 cm³/mol. The largest absolute Gasteiger partial charge is 0.444 e. The Hall–Kier alpha value is -0.910. The summed E-state index contributed by atoms with van der Waals surface area (Å²) in [6, 6.07) is -0.157. The third-order valence-electron chi connectivity index (χ3n) is 2.04. The second-order valence-corrected chi connectivity index (χ2v) is 6.12. The molecule has 2 N–H and O–H groups in total. The Balaban J connectivity index is 2.42. The van der Waals surface area contributed by atoms with Crippen molar-refractivity contribution in [2.75, 3.05) is 18.1 Å². The molecular formula is C11H20N2O3S. The van der Waals surface area contributed by atoms with Gasteiger partial charge >= 0.3 is 6.09 Å². The molecule has 0 aromatic carbocycles. The van der Waals surface area contributed by atoms with Crippen LogP contribution in [0.3, 0.4) is 0 Å². The van der Waals surface area contributed by atoms with Crippen LogP contribution in [0.1, 0.15) is 27.2 Å². The number of nitrogens with one attached hydrogen (secondary N) is 2. The van der Waals surface area contributed by atoms with Crippen molar-refractivity contribution in [3.05, 3.63) is 0 Å². The number of carbonyl (C=O) groups is 2. The number of carbonyl (C=O) groups excluding carboxylic acids is 2. The molecule has 6 heteroatoms. The van der Waals surface area contributed by atoms with Gasteiger partial charge in [0.1, 0.15) is 5.60 Å². The van der Waals surface area contributed by atoms with Crippen LogP contribution in [0.2, 0.25) is 0 Å². The van der Waals surface area contributed by atoms with Crippen molar-refractivity contribution in [1.82, 2.24) is 10.6 Å². The summed E-state index contributed by atoms with van der Waals surface area (Å²) in [5.41, 5.74) is -0.513. The summed E-state index contributed by atoms with van der Waals surface area (Å²) in [6.45, 7) is 6.13. The number of thioether (sulfide) groups is 1. The van der Waals surface area contributed by atoms with Gasteiger partial charge in [-0.1, -0.05) is 0 Å². The second kappa shape index (κ2) is 6.14. The van der Waals surface area contributed by atoms with Crippen LogP contribution in [-0.2, 0) is 9.53 Å². The van der Waals surface area contributed by atoms with Gasteiger partial charge in [0.15, 0.2) is 0 Å². The van der Waals surface area contributed by atoms with E-state index in [1.54, 1.807) is 11.8 Å². The van der Waals surface area contributed by atoms with Gasteiger partial charge in [0.05, 0.1) is 0 Å². The van der Waals surface area contributed by atoms with Crippen molar-refractivity contribution >= 4 is 23.8 Å². The Kier molecular flexibility index (Phi) is 5.11. The summed E-state index contributed by atoms with van der Waals surface area (Å²) < 4.78 is 5.16. The van der Waals surface area contributed by atoms with Crippen molar-refractivity contribution in [3.63, 3.8) is 0 Å². The maximum absolute atomic E-state index is 11.6.